The van der Waals surface area contributed by atoms with E-state index in [4.69, 9.17) is 0 Å². The molecule has 0 aliphatic carbocycles. The molecule has 1 amide bonds. The first-order valence-electron chi connectivity index (χ1n) is 6.65. The molecule has 0 saturated carbocycles. The van der Waals surface area contributed by atoms with Crippen molar-refractivity contribution >= 4 is 22.9 Å². The number of aromatic nitrogens is 2. The number of imidazole rings is 1. The second kappa shape index (κ2) is 5.28. The van der Waals surface area contributed by atoms with Crippen LogP contribution in [0.15, 0.2) is 55.0 Å². The topological polar surface area (TPSA) is 49.6 Å². The molecular weight excluding hydrogens is 264 g/mol. The normalized spacial score (nSPS) is 10.6. The Kier molecular flexibility index (Phi) is 3.31. The number of fused-ring (bicyclic) bond motifs is 1. The zero-order valence-corrected chi connectivity index (χ0v) is 11.9. The summed E-state index contributed by atoms with van der Waals surface area (Å²) in [6, 6.07) is 11.3. The lowest BCUT2D eigenvalue weighted by Crippen LogP contribution is -2.14. The van der Waals surface area contributed by atoms with Crippen molar-refractivity contribution in [1.82, 2.24) is 9.38 Å². The Hall–Kier alpha value is -2.82. The summed E-state index contributed by atoms with van der Waals surface area (Å²) in [5.74, 6) is -0.137. The summed E-state index contributed by atoms with van der Waals surface area (Å²) >= 11 is 0. The molecule has 0 unspecified atom stereocenters. The minimum absolute atomic E-state index is 0.137. The van der Waals surface area contributed by atoms with Gasteiger partial charge in [-0.3, -0.25) is 4.79 Å². The fourth-order valence-corrected chi connectivity index (χ4v) is 2.12. The van der Waals surface area contributed by atoms with Crippen molar-refractivity contribution < 1.29 is 4.79 Å². The monoisotopic (exact) mass is 280 g/mol. The van der Waals surface area contributed by atoms with Crippen molar-refractivity contribution in [2.24, 2.45) is 0 Å². The molecule has 0 saturated heterocycles. The first kappa shape index (κ1) is 13.2. The minimum Gasteiger partial charge on any atom is -0.378 e. The predicted octanol–water partition coefficient (Wildman–Crippen LogP) is 2.65. The van der Waals surface area contributed by atoms with Crippen LogP contribution in [-0.2, 0) is 0 Å². The van der Waals surface area contributed by atoms with Gasteiger partial charge in [0.1, 0.15) is 5.65 Å². The van der Waals surface area contributed by atoms with E-state index in [0.29, 0.717) is 5.56 Å². The Labute approximate surface area is 122 Å². The molecule has 2 heterocycles. The highest BCUT2D eigenvalue weighted by Gasteiger charge is 2.08. The maximum Gasteiger partial charge on any atom is 0.257 e. The molecule has 0 aliphatic rings. The van der Waals surface area contributed by atoms with E-state index >= 15 is 0 Å². The van der Waals surface area contributed by atoms with Crippen LogP contribution in [0.1, 0.15) is 10.4 Å². The third-order valence-electron chi connectivity index (χ3n) is 3.27. The predicted molar refractivity (Wildman–Crippen MR) is 83.9 cm³/mol. The molecule has 2 aromatic heterocycles. The van der Waals surface area contributed by atoms with Gasteiger partial charge in [0.25, 0.3) is 5.91 Å². The fourth-order valence-electron chi connectivity index (χ4n) is 2.12. The molecule has 0 fully saturated rings. The van der Waals surface area contributed by atoms with E-state index in [1.165, 1.54) is 0 Å². The number of hydrogen-bond acceptors (Lipinski definition) is 3. The molecule has 106 valence electrons. The summed E-state index contributed by atoms with van der Waals surface area (Å²) in [6.07, 6.45) is 5.30. The van der Waals surface area contributed by atoms with E-state index in [2.05, 4.69) is 10.3 Å². The molecule has 0 spiro atoms. The summed E-state index contributed by atoms with van der Waals surface area (Å²) in [6.45, 7) is 0. The molecule has 3 aromatic rings. The van der Waals surface area contributed by atoms with Gasteiger partial charge in [-0.1, -0.05) is 6.07 Å². The van der Waals surface area contributed by atoms with Crippen molar-refractivity contribution in [2.45, 2.75) is 0 Å². The largest absolute Gasteiger partial charge is 0.378 e. The van der Waals surface area contributed by atoms with Gasteiger partial charge in [0.2, 0.25) is 0 Å². The molecule has 21 heavy (non-hydrogen) atoms. The molecule has 0 bridgehead atoms. The van der Waals surface area contributed by atoms with Gasteiger partial charge < -0.3 is 14.6 Å². The van der Waals surface area contributed by atoms with Gasteiger partial charge in [0, 0.05) is 44.1 Å². The van der Waals surface area contributed by atoms with Crippen LogP contribution in [0.5, 0.6) is 0 Å². The summed E-state index contributed by atoms with van der Waals surface area (Å²) in [4.78, 5) is 18.5. The van der Waals surface area contributed by atoms with E-state index in [0.717, 1.165) is 17.0 Å². The summed E-state index contributed by atoms with van der Waals surface area (Å²) < 4.78 is 1.82. The number of hydrogen-bond donors (Lipinski definition) is 1. The van der Waals surface area contributed by atoms with Gasteiger partial charge in [0.05, 0.1) is 5.56 Å². The number of nitrogens with zero attached hydrogens (tertiary/aromatic N) is 3. The van der Waals surface area contributed by atoms with Crippen molar-refractivity contribution in [3.05, 3.63) is 60.6 Å². The number of nitrogens with one attached hydrogen (secondary N) is 1. The van der Waals surface area contributed by atoms with E-state index in [-0.39, 0.29) is 5.91 Å². The lowest BCUT2D eigenvalue weighted by Gasteiger charge is -2.14. The Morgan fingerprint density at radius 3 is 2.90 bits per heavy atom. The Balaban J connectivity index is 1.83. The van der Waals surface area contributed by atoms with Gasteiger partial charge >= 0.3 is 0 Å². The second-order valence-corrected chi connectivity index (χ2v) is 5.01. The van der Waals surface area contributed by atoms with Crippen LogP contribution in [-0.4, -0.2) is 29.4 Å². The van der Waals surface area contributed by atoms with Gasteiger partial charge in [0.15, 0.2) is 0 Å². The zero-order chi connectivity index (χ0) is 14.8. The molecule has 5 nitrogen and oxygen atoms in total. The van der Waals surface area contributed by atoms with Crippen LogP contribution in [0.3, 0.4) is 0 Å². The summed E-state index contributed by atoms with van der Waals surface area (Å²) in [5, 5.41) is 2.91. The Morgan fingerprint density at radius 2 is 2.10 bits per heavy atom. The van der Waals surface area contributed by atoms with Crippen LogP contribution in [0.2, 0.25) is 0 Å². The smallest absolute Gasteiger partial charge is 0.257 e. The van der Waals surface area contributed by atoms with E-state index in [1.54, 1.807) is 18.5 Å². The van der Waals surface area contributed by atoms with E-state index in [1.807, 2.05) is 59.9 Å². The number of anilines is 2. The third kappa shape index (κ3) is 2.72. The first-order chi connectivity index (χ1) is 10.1. The number of carbonyl (C=O) groups excluding carboxylic acids is 1. The minimum atomic E-state index is -0.137. The molecular formula is C16H16N4O. The standard InChI is InChI=1S/C16H16N4O/c1-19(2)14-5-3-4-13(10-14)18-16(21)12-6-7-15-17-8-9-20(15)11-12/h3-11H,1-2H3,(H,18,21). The Morgan fingerprint density at radius 1 is 1.24 bits per heavy atom. The SMILES string of the molecule is CN(C)c1cccc(NC(=O)c2ccc3nccn3c2)c1. The molecule has 0 radical (unpaired) electrons. The molecule has 0 aliphatic heterocycles. The quantitative estimate of drug-likeness (QED) is 0.802. The van der Waals surface area contributed by atoms with Gasteiger partial charge in [-0.25, -0.2) is 4.98 Å². The summed E-state index contributed by atoms with van der Waals surface area (Å²) in [7, 11) is 3.93. The van der Waals surface area contributed by atoms with E-state index < -0.39 is 0 Å². The lowest BCUT2D eigenvalue weighted by atomic mass is 10.2. The molecule has 0 atom stereocenters. The highest BCUT2D eigenvalue weighted by molar-refractivity contribution is 6.04. The van der Waals surface area contributed by atoms with Crippen molar-refractivity contribution in [1.29, 1.82) is 0 Å². The number of benzene rings is 1. The first-order valence-corrected chi connectivity index (χ1v) is 6.65. The van der Waals surface area contributed by atoms with Gasteiger partial charge in [-0.2, -0.15) is 0 Å². The lowest BCUT2D eigenvalue weighted by molar-refractivity contribution is 0.102. The third-order valence-corrected chi connectivity index (χ3v) is 3.27. The molecule has 1 aromatic carbocycles. The van der Waals surface area contributed by atoms with Crippen molar-refractivity contribution in [3.8, 4) is 0 Å². The number of rotatable bonds is 3. The molecule has 3 rings (SSSR count). The fraction of sp³-hybridized carbons (Fsp3) is 0.125. The maximum absolute atomic E-state index is 12.3. The highest BCUT2D eigenvalue weighted by atomic mass is 16.1. The average Bonchev–Trinajstić information content (AvgIpc) is 2.94. The highest BCUT2D eigenvalue weighted by Crippen LogP contribution is 2.18. The molecule has 1 N–H and O–H groups in total. The van der Waals surface area contributed by atoms with Crippen molar-refractivity contribution in [2.75, 3.05) is 24.3 Å². The Bertz CT molecular complexity index is 792. The maximum atomic E-state index is 12.3. The molecule has 5 heteroatoms. The van der Waals surface area contributed by atoms with Crippen LogP contribution in [0.4, 0.5) is 11.4 Å². The van der Waals surface area contributed by atoms with Crippen molar-refractivity contribution in [3.63, 3.8) is 0 Å². The van der Waals surface area contributed by atoms with Gasteiger partial charge in [-0.05, 0) is 30.3 Å². The zero-order valence-electron chi connectivity index (χ0n) is 11.9. The van der Waals surface area contributed by atoms with Crippen LogP contribution >= 0.6 is 0 Å². The number of carbonyl (C=O) groups is 1. The van der Waals surface area contributed by atoms with Crippen LogP contribution in [0.25, 0.3) is 5.65 Å². The van der Waals surface area contributed by atoms with E-state index in [9.17, 15) is 4.79 Å². The number of amides is 1. The van der Waals surface area contributed by atoms with Crippen LogP contribution in [0, 0.1) is 0 Å². The average molecular weight is 280 g/mol. The summed E-state index contributed by atoms with van der Waals surface area (Å²) in [5.41, 5.74) is 3.23. The van der Waals surface area contributed by atoms with Crippen LogP contribution < -0.4 is 10.2 Å². The van der Waals surface area contributed by atoms with Gasteiger partial charge in [-0.15, -0.1) is 0 Å². The second-order valence-electron chi connectivity index (χ2n) is 5.01. The number of pyridine rings is 1.